The summed E-state index contributed by atoms with van der Waals surface area (Å²) in [5.74, 6) is 0. The third-order valence-electron chi connectivity index (χ3n) is 2.80. The van der Waals surface area contributed by atoms with Gasteiger partial charge in [0.25, 0.3) is 0 Å². The summed E-state index contributed by atoms with van der Waals surface area (Å²) in [7, 11) is 8.86. The van der Waals surface area contributed by atoms with E-state index in [0.29, 0.717) is 0 Å². The van der Waals surface area contributed by atoms with Gasteiger partial charge >= 0.3 is 88.2 Å². The summed E-state index contributed by atoms with van der Waals surface area (Å²) in [4.78, 5) is 4.79. The Morgan fingerprint density at radius 2 is 1.08 bits per heavy atom. The van der Waals surface area contributed by atoms with Crippen LogP contribution in [0.25, 0.3) is 0 Å². The van der Waals surface area contributed by atoms with Gasteiger partial charge in [0, 0.05) is 0 Å². The number of hydrogen-bond donors (Lipinski definition) is 0. The Hall–Kier alpha value is 0.719. The molecule has 0 saturated carbocycles. The van der Waals surface area contributed by atoms with Gasteiger partial charge in [0.2, 0.25) is 0 Å². The van der Waals surface area contributed by atoms with Crippen molar-refractivity contribution in [3.05, 3.63) is 0 Å². The van der Waals surface area contributed by atoms with Crippen LogP contribution in [0.1, 0.15) is 13.8 Å². The van der Waals surface area contributed by atoms with Gasteiger partial charge in [-0.1, -0.05) is 0 Å². The van der Waals surface area contributed by atoms with Crippen molar-refractivity contribution in [2.24, 2.45) is 0 Å². The summed E-state index contributed by atoms with van der Waals surface area (Å²) in [6, 6.07) is 0. The van der Waals surface area contributed by atoms with E-state index in [-0.39, 0.29) is 0 Å². The molecular weight excluding hydrogens is 267 g/mol. The monoisotopic (exact) mass is 294 g/mol. The van der Waals surface area contributed by atoms with Crippen molar-refractivity contribution in [2.45, 2.75) is 22.7 Å². The van der Waals surface area contributed by atoms with Gasteiger partial charge in [0.1, 0.15) is 0 Å². The van der Waals surface area contributed by atoms with Crippen molar-refractivity contribution in [3.8, 4) is 0 Å². The maximum atomic E-state index is 2.40. The standard InChI is InChI=1S/2C3H8N.2C2H5.Sn/c2*1-4(2)3;2*1-2;/h2*1H2,2-3H3;2*1H2,2H3;. The van der Waals surface area contributed by atoms with Gasteiger partial charge in [-0.25, -0.2) is 0 Å². The second-order valence-corrected chi connectivity index (χ2v) is 19.1. The molecule has 0 spiro atoms. The van der Waals surface area contributed by atoms with Crippen LogP contribution in [-0.4, -0.2) is 65.5 Å². The zero-order chi connectivity index (χ0) is 10.5. The van der Waals surface area contributed by atoms with E-state index in [4.69, 9.17) is 0 Å². The molecule has 0 rings (SSSR count). The molecule has 0 bridgehead atoms. The molecule has 2 nitrogen and oxygen atoms in total. The Morgan fingerprint density at radius 3 is 1.23 bits per heavy atom. The molecule has 0 unspecified atom stereocenters. The molecule has 0 aliphatic rings. The maximum absolute atomic E-state index is 2.40. The van der Waals surface area contributed by atoms with Crippen LogP contribution in [0.5, 0.6) is 0 Å². The fourth-order valence-electron chi connectivity index (χ4n) is 2.09. The average Bonchev–Trinajstić information content (AvgIpc) is 2.01. The summed E-state index contributed by atoms with van der Waals surface area (Å²) in [6.45, 7) is 4.79. The quantitative estimate of drug-likeness (QED) is 0.687. The normalized spacial score (nSPS) is 12.9. The summed E-state index contributed by atoms with van der Waals surface area (Å²) in [5, 5.41) is 0. The van der Waals surface area contributed by atoms with Crippen LogP contribution in [0, 0.1) is 0 Å². The first-order valence-corrected chi connectivity index (χ1v) is 13.3. The van der Waals surface area contributed by atoms with Crippen LogP contribution in [-0.2, 0) is 0 Å². The minimum atomic E-state index is -1.78. The number of nitrogens with zero attached hydrogens (tertiary/aromatic N) is 2. The zero-order valence-corrected chi connectivity index (χ0v) is 13.1. The minimum absolute atomic E-state index is 1.40. The molecule has 0 aromatic rings. The Morgan fingerprint density at radius 1 is 0.769 bits per heavy atom. The molecular formula is C10H26N2Sn. The summed E-state index contributed by atoms with van der Waals surface area (Å²) >= 11 is -1.78. The Kier molecular flexibility index (Phi) is 6.59. The van der Waals surface area contributed by atoms with Crippen LogP contribution in [0.2, 0.25) is 8.87 Å². The number of hydrogen-bond acceptors (Lipinski definition) is 2. The van der Waals surface area contributed by atoms with Crippen molar-refractivity contribution in [3.63, 3.8) is 0 Å². The van der Waals surface area contributed by atoms with Crippen LogP contribution in [0.3, 0.4) is 0 Å². The van der Waals surface area contributed by atoms with Gasteiger partial charge in [-0.05, 0) is 0 Å². The van der Waals surface area contributed by atoms with Crippen LogP contribution < -0.4 is 0 Å². The first kappa shape index (κ1) is 13.7. The van der Waals surface area contributed by atoms with Crippen molar-refractivity contribution >= 4 is 18.4 Å². The molecule has 0 amide bonds. The predicted molar refractivity (Wildman–Crippen MR) is 63.8 cm³/mol. The van der Waals surface area contributed by atoms with Crippen molar-refractivity contribution in [1.29, 1.82) is 0 Å². The second kappa shape index (κ2) is 6.25. The van der Waals surface area contributed by atoms with Gasteiger partial charge in [0.15, 0.2) is 0 Å². The van der Waals surface area contributed by atoms with E-state index in [1.807, 2.05) is 0 Å². The topological polar surface area (TPSA) is 6.48 Å². The SMILES string of the molecule is C[CH2][Sn]([CH2]C)([CH2]N(C)C)[CH2]N(C)C. The molecule has 0 aromatic heterocycles. The molecule has 0 saturated heterocycles. The molecule has 0 fully saturated rings. The van der Waals surface area contributed by atoms with Gasteiger partial charge in [-0.2, -0.15) is 0 Å². The summed E-state index contributed by atoms with van der Waals surface area (Å²) < 4.78 is 5.75. The Labute approximate surface area is 88.2 Å². The molecule has 80 valence electrons. The van der Waals surface area contributed by atoms with Crippen LogP contribution in [0.15, 0.2) is 0 Å². The molecule has 0 N–H and O–H groups in total. The van der Waals surface area contributed by atoms with E-state index in [2.05, 4.69) is 51.8 Å². The molecule has 3 heteroatoms. The van der Waals surface area contributed by atoms with E-state index in [9.17, 15) is 0 Å². The molecule has 0 aliphatic heterocycles. The Bertz CT molecular complexity index is 119. The molecule has 0 aromatic carbocycles. The van der Waals surface area contributed by atoms with Crippen molar-refractivity contribution < 1.29 is 0 Å². The van der Waals surface area contributed by atoms with Crippen LogP contribution in [0.4, 0.5) is 0 Å². The van der Waals surface area contributed by atoms with Crippen molar-refractivity contribution in [2.75, 3.05) is 37.3 Å². The van der Waals surface area contributed by atoms with Crippen molar-refractivity contribution in [1.82, 2.24) is 9.80 Å². The van der Waals surface area contributed by atoms with E-state index < -0.39 is 18.4 Å². The fourth-order valence-corrected chi connectivity index (χ4v) is 14.0. The molecule has 0 heterocycles. The second-order valence-electron chi connectivity index (χ2n) is 4.68. The fraction of sp³-hybridized carbons (Fsp3) is 1.00. The first-order valence-electron chi connectivity index (χ1n) is 5.25. The molecule has 0 aliphatic carbocycles. The third kappa shape index (κ3) is 5.23. The predicted octanol–water partition coefficient (Wildman–Crippen LogP) is 1.68. The zero-order valence-electron chi connectivity index (χ0n) is 10.2. The average molecular weight is 293 g/mol. The van der Waals surface area contributed by atoms with E-state index >= 15 is 0 Å². The van der Waals surface area contributed by atoms with E-state index in [0.717, 1.165) is 0 Å². The first-order chi connectivity index (χ1) is 5.95. The third-order valence-corrected chi connectivity index (χ3v) is 18.8. The Balaban J connectivity index is 4.30. The summed E-state index contributed by atoms with van der Waals surface area (Å²) in [6.07, 6.45) is 0. The molecule has 0 atom stereocenters. The molecule has 0 radical (unpaired) electrons. The molecule has 13 heavy (non-hydrogen) atoms. The van der Waals surface area contributed by atoms with Gasteiger partial charge in [0.05, 0.1) is 0 Å². The summed E-state index contributed by atoms with van der Waals surface area (Å²) in [5.41, 5.74) is 0. The number of rotatable bonds is 6. The van der Waals surface area contributed by atoms with Crippen LogP contribution >= 0.6 is 0 Å². The van der Waals surface area contributed by atoms with E-state index in [1.165, 1.54) is 18.0 Å². The van der Waals surface area contributed by atoms with Gasteiger partial charge in [-0.3, -0.25) is 0 Å². The van der Waals surface area contributed by atoms with Gasteiger partial charge in [-0.15, -0.1) is 0 Å². The van der Waals surface area contributed by atoms with Gasteiger partial charge < -0.3 is 0 Å². The van der Waals surface area contributed by atoms with E-state index in [1.54, 1.807) is 0 Å².